The summed E-state index contributed by atoms with van der Waals surface area (Å²) in [5.41, 5.74) is 0.152. The molecular weight excluding hydrogens is 265 g/mol. The molecule has 1 aliphatic heterocycles. The SMILES string of the molecule is FC(F)(F)c1cccc(N2CCN[C@H]3CCCC[C@H]32)c1. The number of hydrogen-bond acceptors (Lipinski definition) is 2. The normalized spacial score (nSPS) is 27.2. The highest BCUT2D eigenvalue weighted by Gasteiger charge is 2.35. The highest BCUT2D eigenvalue weighted by atomic mass is 19.4. The van der Waals surface area contributed by atoms with Crippen LogP contribution in [0, 0.1) is 0 Å². The molecule has 5 heteroatoms. The van der Waals surface area contributed by atoms with Crippen molar-refractivity contribution in [1.82, 2.24) is 5.32 Å². The smallest absolute Gasteiger partial charge is 0.366 e. The van der Waals surface area contributed by atoms with Crippen molar-refractivity contribution in [3.05, 3.63) is 29.8 Å². The average Bonchev–Trinajstić information content (AvgIpc) is 2.46. The Morgan fingerprint density at radius 1 is 1.15 bits per heavy atom. The van der Waals surface area contributed by atoms with E-state index in [4.69, 9.17) is 0 Å². The summed E-state index contributed by atoms with van der Waals surface area (Å²) >= 11 is 0. The molecule has 0 unspecified atom stereocenters. The molecule has 2 nitrogen and oxygen atoms in total. The van der Waals surface area contributed by atoms with Gasteiger partial charge in [-0.15, -0.1) is 0 Å². The van der Waals surface area contributed by atoms with Crippen LogP contribution in [0.5, 0.6) is 0 Å². The fourth-order valence-electron chi connectivity index (χ4n) is 3.44. The Hall–Kier alpha value is -1.23. The Kier molecular flexibility index (Phi) is 3.63. The third kappa shape index (κ3) is 2.64. The molecule has 3 rings (SSSR count). The van der Waals surface area contributed by atoms with Gasteiger partial charge in [-0.1, -0.05) is 18.9 Å². The zero-order valence-corrected chi connectivity index (χ0v) is 11.3. The Bertz CT molecular complexity index is 470. The molecule has 1 heterocycles. The number of hydrogen-bond donors (Lipinski definition) is 1. The van der Waals surface area contributed by atoms with Gasteiger partial charge in [0.1, 0.15) is 0 Å². The second-order valence-corrected chi connectivity index (χ2v) is 5.65. The summed E-state index contributed by atoms with van der Waals surface area (Å²) in [7, 11) is 0. The van der Waals surface area contributed by atoms with Gasteiger partial charge in [0.25, 0.3) is 0 Å². The van der Waals surface area contributed by atoms with E-state index in [9.17, 15) is 13.2 Å². The van der Waals surface area contributed by atoms with Gasteiger partial charge in [0.05, 0.1) is 5.56 Å². The minimum Gasteiger partial charge on any atom is -0.366 e. The zero-order chi connectivity index (χ0) is 14.2. The molecule has 1 saturated heterocycles. The first-order chi connectivity index (χ1) is 9.55. The van der Waals surface area contributed by atoms with Crippen LogP contribution in [0.3, 0.4) is 0 Å². The number of alkyl halides is 3. The van der Waals surface area contributed by atoms with Crippen molar-refractivity contribution >= 4 is 5.69 Å². The van der Waals surface area contributed by atoms with Crippen LogP contribution in [0.15, 0.2) is 24.3 Å². The van der Waals surface area contributed by atoms with Gasteiger partial charge in [0.2, 0.25) is 0 Å². The van der Waals surface area contributed by atoms with Crippen LogP contribution in [0.1, 0.15) is 31.2 Å². The average molecular weight is 284 g/mol. The fourth-order valence-corrected chi connectivity index (χ4v) is 3.44. The van der Waals surface area contributed by atoms with E-state index in [0.717, 1.165) is 38.4 Å². The number of nitrogens with one attached hydrogen (secondary N) is 1. The maximum atomic E-state index is 12.8. The Balaban J connectivity index is 1.87. The van der Waals surface area contributed by atoms with E-state index in [0.29, 0.717) is 17.8 Å². The van der Waals surface area contributed by atoms with E-state index in [2.05, 4.69) is 10.2 Å². The summed E-state index contributed by atoms with van der Waals surface area (Å²) in [5.74, 6) is 0. The summed E-state index contributed by atoms with van der Waals surface area (Å²) in [6.45, 7) is 1.62. The lowest BCUT2D eigenvalue weighted by Gasteiger charge is -2.46. The van der Waals surface area contributed by atoms with Crippen molar-refractivity contribution < 1.29 is 13.2 Å². The van der Waals surface area contributed by atoms with Gasteiger partial charge < -0.3 is 10.2 Å². The second kappa shape index (κ2) is 5.28. The maximum Gasteiger partial charge on any atom is 0.416 e. The van der Waals surface area contributed by atoms with E-state index >= 15 is 0 Å². The van der Waals surface area contributed by atoms with E-state index in [-0.39, 0.29) is 0 Å². The van der Waals surface area contributed by atoms with Gasteiger partial charge in [0.15, 0.2) is 0 Å². The summed E-state index contributed by atoms with van der Waals surface area (Å²) in [4.78, 5) is 2.16. The number of halogens is 3. The highest BCUT2D eigenvalue weighted by molar-refractivity contribution is 5.51. The van der Waals surface area contributed by atoms with Gasteiger partial charge in [-0.3, -0.25) is 0 Å². The molecule has 0 bridgehead atoms. The molecule has 0 radical (unpaired) electrons. The van der Waals surface area contributed by atoms with Crippen molar-refractivity contribution in [2.45, 2.75) is 43.9 Å². The van der Waals surface area contributed by atoms with Crippen molar-refractivity contribution in [1.29, 1.82) is 0 Å². The van der Waals surface area contributed by atoms with E-state index < -0.39 is 11.7 Å². The first-order valence-electron chi connectivity index (χ1n) is 7.23. The molecule has 1 N–H and O–H groups in total. The predicted molar refractivity (Wildman–Crippen MR) is 72.8 cm³/mol. The van der Waals surface area contributed by atoms with Gasteiger partial charge in [-0.25, -0.2) is 0 Å². The van der Waals surface area contributed by atoms with Crippen LogP contribution < -0.4 is 10.2 Å². The lowest BCUT2D eigenvalue weighted by molar-refractivity contribution is -0.137. The van der Waals surface area contributed by atoms with Crippen LogP contribution in [0.25, 0.3) is 0 Å². The Labute approximate surface area is 117 Å². The zero-order valence-electron chi connectivity index (χ0n) is 11.3. The summed E-state index contributed by atoms with van der Waals surface area (Å²) in [5, 5.41) is 3.50. The molecule has 1 saturated carbocycles. The van der Waals surface area contributed by atoms with Gasteiger partial charge in [0, 0.05) is 30.9 Å². The van der Waals surface area contributed by atoms with Crippen molar-refractivity contribution in [3.8, 4) is 0 Å². The first-order valence-corrected chi connectivity index (χ1v) is 7.23. The Morgan fingerprint density at radius 3 is 2.75 bits per heavy atom. The monoisotopic (exact) mass is 284 g/mol. The van der Waals surface area contributed by atoms with Crippen LogP contribution in [-0.4, -0.2) is 25.2 Å². The van der Waals surface area contributed by atoms with E-state index in [1.165, 1.54) is 18.6 Å². The van der Waals surface area contributed by atoms with Gasteiger partial charge >= 0.3 is 6.18 Å². The number of nitrogens with zero attached hydrogens (tertiary/aromatic N) is 1. The molecule has 2 aliphatic rings. The van der Waals surface area contributed by atoms with Gasteiger partial charge in [-0.2, -0.15) is 13.2 Å². The number of anilines is 1. The lowest BCUT2D eigenvalue weighted by Crippen LogP contribution is -2.59. The van der Waals surface area contributed by atoms with Crippen LogP contribution >= 0.6 is 0 Å². The number of benzene rings is 1. The standard InChI is InChI=1S/C15H19F3N2/c16-15(17,18)11-4-3-5-12(10-11)20-9-8-19-13-6-1-2-7-14(13)20/h3-5,10,13-14,19H,1-2,6-9H2/t13-,14+/m0/s1. The van der Waals surface area contributed by atoms with E-state index in [1.54, 1.807) is 6.07 Å². The molecular formula is C15H19F3N2. The highest BCUT2D eigenvalue weighted by Crippen LogP contribution is 2.34. The lowest BCUT2D eigenvalue weighted by atomic mass is 9.87. The molecule has 0 amide bonds. The third-order valence-electron chi connectivity index (χ3n) is 4.39. The first kappa shape index (κ1) is 13.7. The predicted octanol–water partition coefficient (Wildman–Crippen LogP) is 3.43. The molecule has 0 spiro atoms. The topological polar surface area (TPSA) is 15.3 Å². The second-order valence-electron chi connectivity index (χ2n) is 5.65. The van der Waals surface area contributed by atoms with Crippen molar-refractivity contribution in [2.75, 3.05) is 18.0 Å². The number of piperazine rings is 1. The van der Waals surface area contributed by atoms with Crippen LogP contribution in [-0.2, 0) is 6.18 Å². The quantitative estimate of drug-likeness (QED) is 0.850. The Morgan fingerprint density at radius 2 is 1.95 bits per heavy atom. The number of rotatable bonds is 1. The minimum absolute atomic E-state index is 0.334. The molecule has 0 aromatic heterocycles. The largest absolute Gasteiger partial charge is 0.416 e. The molecule has 1 aromatic carbocycles. The maximum absolute atomic E-state index is 12.8. The molecule has 110 valence electrons. The summed E-state index contributed by atoms with van der Waals surface area (Å²) in [6.07, 6.45) is 0.299. The van der Waals surface area contributed by atoms with Gasteiger partial charge in [-0.05, 0) is 31.0 Å². The summed E-state index contributed by atoms with van der Waals surface area (Å²) in [6, 6.07) is 6.50. The summed E-state index contributed by atoms with van der Waals surface area (Å²) < 4.78 is 38.5. The molecule has 1 aliphatic carbocycles. The van der Waals surface area contributed by atoms with Crippen molar-refractivity contribution in [3.63, 3.8) is 0 Å². The van der Waals surface area contributed by atoms with Crippen LogP contribution in [0.2, 0.25) is 0 Å². The fraction of sp³-hybridized carbons (Fsp3) is 0.600. The molecule has 2 fully saturated rings. The molecule has 1 aromatic rings. The van der Waals surface area contributed by atoms with Crippen molar-refractivity contribution in [2.24, 2.45) is 0 Å². The molecule has 20 heavy (non-hydrogen) atoms. The number of fused-ring (bicyclic) bond motifs is 1. The van der Waals surface area contributed by atoms with Crippen LogP contribution in [0.4, 0.5) is 18.9 Å². The molecule has 2 atom stereocenters. The third-order valence-corrected chi connectivity index (χ3v) is 4.39. The van der Waals surface area contributed by atoms with E-state index in [1.807, 2.05) is 0 Å². The minimum atomic E-state index is -4.27.